The molecule has 1 unspecified atom stereocenters. The van der Waals surface area contributed by atoms with Crippen LogP contribution in [0.5, 0.6) is 0 Å². The second-order valence-corrected chi connectivity index (χ2v) is 5.62. The second kappa shape index (κ2) is 7.05. The predicted octanol–water partition coefficient (Wildman–Crippen LogP) is 2.68. The van der Waals surface area contributed by atoms with Gasteiger partial charge in [0.2, 0.25) is 0 Å². The van der Waals surface area contributed by atoms with Crippen LogP contribution in [0.3, 0.4) is 0 Å². The van der Waals surface area contributed by atoms with Gasteiger partial charge in [0, 0.05) is 17.0 Å². The third-order valence-electron chi connectivity index (χ3n) is 2.97. The maximum atomic E-state index is 9.31. The lowest BCUT2D eigenvalue weighted by Crippen LogP contribution is -2.44. The molecule has 0 aromatic carbocycles. The van der Waals surface area contributed by atoms with E-state index in [1.807, 2.05) is 11.3 Å². The van der Waals surface area contributed by atoms with E-state index in [-0.39, 0.29) is 12.6 Å². The fourth-order valence-electron chi connectivity index (χ4n) is 1.75. The minimum Gasteiger partial charge on any atom is -0.395 e. The quantitative estimate of drug-likeness (QED) is 0.769. The summed E-state index contributed by atoms with van der Waals surface area (Å²) in [6.45, 7) is 6.70. The number of aliphatic hydroxyl groups excluding tert-OH is 1. The van der Waals surface area contributed by atoms with E-state index >= 15 is 0 Å². The van der Waals surface area contributed by atoms with Gasteiger partial charge in [-0.2, -0.15) is 0 Å². The van der Waals surface area contributed by atoms with Crippen molar-refractivity contribution in [3.8, 4) is 0 Å². The molecule has 2 N–H and O–H groups in total. The molecule has 1 aromatic heterocycles. The fraction of sp³-hybridized carbons (Fsp3) is 0.692. The summed E-state index contributed by atoms with van der Waals surface area (Å²) in [7, 11) is 0. The van der Waals surface area contributed by atoms with E-state index < -0.39 is 0 Å². The standard InChI is InChI=1S/C13H23NOS/c1-4-11(8-12-6-5-7-16-12)14-13(9-15)10(2)3/h5-7,10-11,13-15H,4,8-9H2,1-3H3/t11?,13-/m1/s1. The van der Waals surface area contributed by atoms with Crippen molar-refractivity contribution in [3.05, 3.63) is 22.4 Å². The zero-order valence-corrected chi connectivity index (χ0v) is 11.3. The molecule has 2 nitrogen and oxygen atoms in total. The van der Waals surface area contributed by atoms with Crippen LogP contribution in [0.1, 0.15) is 32.1 Å². The van der Waals surface area contributed by atoms with Crippen molar-refractivity contribution in [2.75, 3.05) is 6.61 Å². The zero-order chi connectivity index (χ0) is 12.0. The summed E-state index contributed by atoms with van der Waals surface area (Å²) in [6, 6.07) is 4.96. The van der Waals surface area contributed by atoms with E-state index in [9.17, 15) is 5.11 Å². The average molecular weight is 241 g/mol. The first-order chi connectivity index (χ1) is 7.67. The molecule has 0 spiro atoms. The predicted molar refractivity (Wildman–Crippen MR) is 70.9 cm³/mol. The summed E-state index contributed by atoms with van der Waals surface area (Å²) in [4.78, 5) is 1.42. The number of hydrogen-bond donors (Lipinski definition) is 2. The Balaban J connectivity index is 2.48. The highest BCUT2D eigenvalue weighted by Gasteiger charge is 2.16. The number of aliphatic hydroxyl groups is 1. The van der Waals surface area contributed by atoms with Crippen molar-refractivity contribution >= 4 is 11.3 Å². The van der Waals surface area contributed by atoms with Gasteiger partial charge >= 0.3 is 0 Å². The molecule has 16 heavy (non-hydrogen) atoms. The summed E-state index contributed by atoms with van der Waals surface area (Å²) in [5, 5.41) is 15.0. The summed E-state index contributed by atoms with van der Waals surface area (Å²) in [6.07, 6.45) is 2.17. The highest BCUT2D eigenvalue weighted by Crippen LogP contribution is 2.14. The molecule has 1 aromatic rings. The van der Waals surface area contributed by atoms with E-state index in [1.165, 1.54) is 4.88 Å². The van der Waals surface area contributed by atoms with E-state index in [4.69, 9.17) is 0 Å². The molecule has 0 aliphatic rings. The molecule has 0 aliphatic carbocycles. The lowest BCUT2D eigenvalue weighted by Gasteiger charge is -2.26. The molecule has 3 heteroatoms. The van der Waals surface area contributed by atoms with Gasteiger partial charge in [0.15, 0.2) is 0 Å². The number of rotatable bonds is 7. The Labute approximate surface area is 103 Å². The average Bonchev–Trinajstić information content (AvgIpc) is 2.76. The van der Waals surface area contributed by atoms with Gasteiger partial charge in [0.25, 0.3) is 0 Å². The van der Waals surface area contributed by atoms with Crippen molar-refractivity contribution in [3.63, 3.8) is 0 Å². The first kappa shape index (κ1) is 13.7. The van der Waals surface area contributed by atoms with Gasteiger partial charge in [-0.1, -0.05) is 26.8 Å². The van der Waals surface area contributed by atoms with Crippen molar-refractivity contribution in [1.82, 2.24) is 5.32 Å². The van der Waals surface area contributed by atoms with Gasteiger partial charge in [-0.15, -0.1) is 11.3 Å². The summed E-state index contributed by atoms with van der Waals surface area (Å²) < 4.78 is 0. The number of thiophene rings is 1. The maximum Gasteiger partial charge on any atom is 0.0587 e. The van der Waals surface area contributed by atoms with Gasteiger partial charge in [0.05, 0.1) is 6.61 Å². The molecular weight excluding hydrogens is 218 g/mol. The number of hydrogen-bond acceptors (Lipinski definition) is 3. The maximum absolute atomic E-state index is 9.31. The van der Waals surface area contributed by atoms with Gasteiger partial charge in [-0.3, -0.25) is 0 Å². The van der Waals surface area contributed by atoms with E-state index in [0.29, 0.717) is 12.0 Å². The molecule has 0 radical (unpaired) electrons. The van der Waals surface area contributed by atoms with E-state index in [2.05, 4.69) is 43.6 Å². The largest absolute Gasteiger partial charge is 0.395 e. The Hall–Kier alpha value is -0.380. The zero-order valence-electron chi connectivity index (χ0n) is 10.4. The molecule has 0 aliphatic heterocycles. The smallest absolute Gasteiger partial charge is 0.0587 e. The molecule has 0 bridgehead atoms. The fourth-order valence-corrected chi connectivity index (χ4v) is 2.54. The Morgan fingerprint density at radius 3 is 2.62 bits per heavy atom. The topological polar surface area (TPSA) is 32.3 Å². The van der Waals surface area contributed by atoms with Crippen LogP contribution in [-0.2, 0) is 6.42 Å². The molecule has 92 valence electrons. The van der Waals surface area contributed by atoms with Crippen LogP contribution in [-0.4, -0.2) is 23.8 Å². The van der Waals surface area contributed by atoms with E-state index in [1.54, 1.807) is 0 Å². The molecular formula is C13H23NOS. The molecule has 0 fully saturated rings. The third kappa shape index (κ3) is 4.24. The van der Waals surface area contributed by atoms with E-state index in [0.717, 1.165) is 12.8 Å². The normalized spacial score (nSPS) is 15.3. The van der Waals surface area contributed by atoms with Crippen molar-refractivity contribution in [1.29, 1.82) is 0 Å². The van der Waals surface area contributed by atoms with Gasteiger partial charge in [-0.25, -0.2) is 0 Å². The first-order valence-electron chi connectivity index (χ1n) is 6.06. The molecule has 0 saturated carbocycles. The molecule has 2 atom stereocenters. The second-order valence-electron chi connectivity index (χ2n) is 4.59. The van der Waals surface area contributed by atoms with Gasteiger partial charge in [0.1, 0.15) is 0 Å². The molecule has 1 rings (SSSR count). The Kier molecular flexibility index (Phi) is 6.03. The Morgan fingerprint density at radius 2 is 2.19 bits per heavy atom. The van der Waals surface area contributed by atoms with Crippen molar-refractivity contribution in [2.24, 2.45) is 5.92 Å². The lowest BCUT2D eigenvalue weighted by molar-refractivity contribution is 0.197. The van der Waals surface area contributed by atoms with Crippen LogP contribution in [0, 0.1) is 5.92 Å². The highest BCUT2D eigenvalue weighted by atomic mass is 32.1. The lowest BCUT2D eigenvalue weighted by atomic mass is 10.0. The molecule has 0 amide bonds. The number of nitrogens with one attached hydrogen (secondary N) is 1. The minimum absolute atomic E-state index is 0.213. The minimum atomic E-state index is 0.213. The summed E-state index contributed by atoms with van der Waals surface area (Å²) in [5.74, 6) is 0.474. The summed E-state index contributed by atoms with van der Waals surface area (Å²) in [5.41, 5.74) is 0. The van der Waals surface area contributed by atoms with Crippen LogP contribution in [0.25, 0.3) is 0 Å². The highest BCUT2D eigenvalue weighted by molar-refractivity contribution is 7.09. The SMILES string of the molecule is CCC(Cc1cccs1)N[C@H](CO)C(C)C. The van der Waals surface area contributed by atoms with Gasteiger partial charge < -0.3 is 10.4 Å². The third-order valence-corrected chi connectivity index (χ3v) is 3.87. The van der Waals surface area contributed by atoms with Crippen LogP contribution >= 0.6 is 11.3 Å². The van der Waals surface area contributed by atoms with Crippen molar-refractivity contribution in [2.45, 2.75) is 45.7 Å². The molecule has 0 saturated heterocycles. The molecule has 1 heterocycles. The Bertz CT molecular complexity index is 271. The van der Waals surface area contributed by atoms with Crippen molar-refractivity contribution < 1.29 is 5.11 Å². The summed E-state index contributed by atoms with van der Waals surface area (Å²) >= 11 is 1.81. The Morgan fingerprint density at radius 1 is 1.44 bits per heavy atom. The first-order valence-corrected chi connectivity index (χ1v) is 6.94. The monoisotopic (exact) mass is 241 g/mol. The van der Waals surface area contributed by atoms with Crippen LogP contribution in [0.2, 0.25) is 0 Å². The van der Waals surface area contributed by atoms with Crippen LogP contribution in [0.4, 0.5) is 0 Å². The van der Waals surface area contributed by atoms with Crippen LogP contribution < -0.4 is 5.32 Å². The van der Waals surface area contributed by atoms with Crippen LogP contribution in [0.15, 0.2) is 17.5 Å². The van der Waals surface area contributed by atoms with Gasteiger partial charge in [-0.05, 0) is 30.2 Å².